The molecule has 4 heteroatoms. The lowest BCUT2D eigenvalue weighted by Gasteiger charge is -2.34. The van der Waals surface area contributed by atoms with Crippen molar-refractivity contribution in [2.45, 2.75) is 46.1 Å². The molecule has 0 radical (unpaired) electrons. The summed E-state index contributed by atoms with van der Waals surface area (Å²) in [5.41, 5.74) is 2.03. The predicted octanol–water partition coefficient (Wildman–Crippen LogP) is 5.33. The number of benzene rings is 1. The van der Waals surface area contributed by atoms with Crippen molar-refractivity contribution in [2.75, 3.05) is 25.1 Å². The highest BCUT2D eigenvalue weighted by molar-refractivity contribution is 6.36. The predicted molar refractivity (Wildman–Crippen MR) is 89.4 cm³/mol. The van der Waals surface area contributed by atoms with E-state index in [1.54, 1.807) is 7.11 Å². The van der Waals surface area contributed by atoms with Crippen LogP contribution < -0.4 is 4.90 Å². The lowest BCUT2D eigenvalue weighted by atomic mass is 10.1. The van der Waals surface area contributed by atoms with Gasteiger partial charge in [-0.3, -0.25) is 0 Å². The van der Waals surface area contributed by atoms with Gasteiger partial charge in [-0.1, -0.05) is 43.5 Å². The van der Waals surface area contributed by atoms with Crippen LogP contribution in [0.25, 0.3) is 0 Å². The molecule has 0 spiro atoms. The van der Waals surface area contributed by atoms with E-state index < -0.39 is 0 Å². The van der Waals surface area contributed by atoms with Crippen molar-refractivity contribution in [3.8, 4) is 0 Å². The van der Waals surface area contributed by atoms with E-state index in [0.717, 1.165) is 47.2 Å². The largest absolute Gasteiger partial charge is 0.380 e. The number of ether oxygens (including phenoxy) is 1. The monoisotopic (exact) mass is 317 g/mol. The minimum absolute atomic E-state index is 0.308. The van der Waals surface area contributed by atoms with Gasteiger partial charge >= 0.3 is 0 Å². The molecular formula is C16H25Cl2NO. The standard InChI is InChI=1S/C13H17Cl2NO.C3H8/c1-9-12(14)6-10(7-13(9)15)16-5-3-4-11(8-16)17-2;1-3-2/h6-7,11H,3-5,8H2,1-2H3;3H2,1-2H3. The molecule has 1 atom stereocenters. The Bertz CT molecular complexity index is 400. The van der Waals surface area contributed by atoms with E-state index in [1.807, 2.05) is 19.1 Å². The van der Waals surface area contributed by atoms with Crippen LogP contribution in [-0.2, 0) is 4.74 Å². The molecule has 20 heavy (non-hydrogen) atoms. The van der Waals surface area contributed by atoms with Crippen LogP contribution in [0.4, 0.5) is 5.69 Å². The third-order valence-corrected chi connectivity index (χ3v) is 4.13. The molecular weight excluding hydrogens is 293 g/mol. The van der Waals surface area contributed by atoms with Crippen LogP contribution in [0.5, 0.6) is 0 Å². The SMILES string of the molecule is CCC.COC1CCCN(c2cc(Cl)c(C)c(Cl)c2)C1. The second-order valence-electron chi connectivity index (χ2n) is 5.19. The Morgan fingerprint density at radius 1 is 1.25 bits per heavy atom. The van der Waals surface area contributed by atoms with E-state index in [0.29, 0.717) is 6.10 Å². The van der Waals surface area contributed by atoms with Gasteiger partial charge in [0.15, 0.2) is 0 Å². The van der Waals surface area contributed by atoms with Crippen molar-refractivity contribution >= 4 is 28.9 Å². The van der Waals surface area contributed by atoms with Gasteiger partial charge in [0, 0.05) is 35.9 Å². The topological polar surface area (TPSA) is 12.5 Å². The molecule has 0 aliphatic carbocycles. The van der Waals surface area contributed by atoms with E-state index in [9.17, 15) is 0 Å². The molecule has 0 bridgehead atoms. The van der Waals surface area contributed by atoms with Crippen LogP contribution in [-0.4, -0.2) is 26.3 Å². The summed E-state index contributed by atoms with van der Waals surface area (Å²) in [5.74, 6) is 0. The highest BCUT2D eigenvalue weighted by Gasteiger charge is 2.20. The van der Waals surface area contributed by atoms with E-state index in [-0.39, 0.29) is 0 Å². The summed E-state index contributed by atoms with van der Waals surface area (Å²) in [4.78, 5) is 2.29. The van der Waals surface area contributed by atoms with Crippen molar-refractivity contribution < 1.29 is 4.74 Å². The molecule has 0 aromatic heterocycles. The van der Waals surface area contributed by atoms with Gasteiger partial charge in [0.1, 0.15) is 0 Å². The van der Waals surface area contributed by atoms with Gasteiger partial charge in [0.2, 0.25) is 0 Å². The smallest absolute Gasteiger partial charge is 0.0746 e. The van der Waals surface area contributed by atoms with Crippen molar-refractivity contribution in [2.24, 2.45) is 0 Å². The zero-order valence-corrected chi connectivity index (χ0v) is 14.4. The number of rotatable bonds is 2. The fourth-order valence-corrected chi connectivity index (χ4v) is 2.66. The minimum Gasteiger partial charge on any atom is -0.380 e. The molecule has 1 heterocycles. The van der Waals surface area contributed by atoms with Crippen molar-refractivity contribution in [3.05, 3.63) is 27.7 Å². The van der Waals surface area contributed by atoms with Crippen molar-refractivity contribution in [1.82, 2.24) is 0 Å². The van der Waals surface area contributed by atoms with Gasteiger partial charge in [0.25, 0.3) is 0 Å². The van der Waals surface area contributed by atoms with Crippen LogP contribution in [0.3, 0.4) is 0 Å². The summed E-state index contributed by atoms with van der Waals surface area (Å²) >= 11 is 12.3. The summed E-state index contributed by atoms with van der Waals surface area (Å²) in [5, 5.41) is 1.46. The normalized spacial score (nSPS) is 18.5. The van der Waals surface area contributed by atoms with Crippen LogP contribution in [0, 0.1) is 6.92 Å². The van der Waals surface area contributed by atoms with E-state index in [1.165, 1.54) is 6.42 Å². The molecule has 0 saturated carbocycles. The van der Waals surface area contributed by atoms with Crippen molar-refractivity contribution in [1.29, 1.82) is 0 Å². The Morgan fingerprint density at radius 3 is 2.30 bits per heavy atom. The van der Waals surface area contributed by atoms with Gasteiger partial charge in [-0.15, -0.1) is 0 Å². The first-order valence-electron chi connectivity index (χ1n) is 7.26. The number of hydrogen-bond acceptors (Lipinski definition) is 2. The molecule has 1 unspecified atom stereocenters. The van der Waals surface area contributed by atoms with Crippen LogP contribution in [0.1, 0.15) is 38.7 Å². The first-order chi connectivity index (χ1) is 9.53. The first-order valence-corrected chi connectivity index (χ1v) is 8.02. The second-order valence-corrected chi connectivity index (χ2v) is 6.00. The van der Waals surface area contributed by atoms with E-state index in [2.05, 4.69) is 18.7 Å². The van der Waals surface area contributed by atoms with Gasteiger partial charge in [-0.2, -0.15) is 0 Å². The summed E-state index contributed by atoms with van der Waals surface area (Å²) in [6, 6.07) is 3.97. The molecule has 0 N–H and O–H groups in total. The average molecular weight is 318 g/mol. The van der Waals surface area contributed by atoms with Gasteiger partial charge < -0.3 is 9.64 Å². The molecule has 2 rings (SSSR count). The number of piperidine rings is 1. The number of halogens is 2. The number of hydrogen-bond donors (Lipinski definition) is 0. The summed E-state index contributed by atoms with van der Waals surface area (Å²) in [7, 11) is 1.77. The van der Waals surface area contributed by atoms with Gasteiger partial charge in [0.05, 0.1) is 6.10 Å². The molecule has 0 amide bonds. The zero-order valence-electron chi connectivity index (χ0n) is 12.9. The first kappa shape index (κ1) is 17.6. The fraction of sp³-hybridized carbons (Fsp3) is 0.625. The number of nitrogens with zero attached hydrogens (tertiary/aromatic N) is 1. The highest BCUT2D eigenvalue weighted by Crippen LogP contribution is 2.31. The Morgan fingerprint density at radius 2 is 1.80 bits per heavy atom. The average Bonchev–Trinajstić information content (AvgIpc) is 2.45. The lowest BCUT2D eigenvalue weighted by Crippen LogP contribution is -2.39. The highest BCUT2D eigenvalue weighted by atomic mass is 35.5. The minimum atomic E-state index is 0.308. The maximum atomic E-state index is 6.17. The van der Waals surface area contributed by atoms with Crippen LogP contribution in [0.2, 0.25) is 10.0 Å². The van der Waals surface area contributed by atoms with E-state index in [4.69, 9.17) is 27.9 Å². The Labute approximate surface area is 133 Å². The fourth-order valence-electron chi connectivity index (χ4n) is 2.18. The van der Waals surface area contributed by atoms with Gasteiger partial charge in [-0.05, 0) is 37.5 Å². The second kappa shape index (κ2) is 8.76. The Hall–Kier alpha value is -0.440. The van der Waals surface area contributed by atoms with E-state index >= 15 is 0 Å². The summed E-state index contributed by atoms with van der Waals surface area (Å²) in [6.45, 7) is 8.13. The summed E-state index contributed by atoms with van der Waals surface area (Å²) < 4.78 is 5.42. The Kier molecular flexibility index (Phi) is 7.71. The molecule has 114 valence electrons. The molecule has 2 nitrogen and oxygen atoms in total. The molecule has 1 fully saturated rings. The van der Waals surface area contributed by atoms with Gasteiger partial charge in [-0.25, -0.2) is 0 Å². The summed E-state index contributed by atoms with van der Waals surface area (Å²) in [6.07, 6.45) is 3.82. The zero-order chi connectivity index (χ0) is 15.1. The molecule has 1 aromatic rings. The molecule has 1 saturated heterocycles. The van der Waals surface area contributed by atoms with Crippen molar-refractivity contribution in [3.63, 3.8) is 0 Å². The molecule has 1 aliphatic rings. The third-order valence-electron chi connectivity index (χ3n) is 3.34. The third kappa shape index (κ3) is 4.83. The maximum Gasteiger partial charge on any atom is 0.0746 e. The molecule has 1 aromatic carbocycles. The molecule has 1 aliphatic heterocycles. The van der Waals surface area contributed by atoms with Crippen LogP contribution in [0.15, 0.2) is 12.1 Å². The van der Waals surface area contributed by atoms with Crippen LogP contribution >= 0.6 is 23.2 Å². The lowest BCUT2D eigenvalue weighted by molar-refractivity contribution is 0.0893. The Balaban J connectivity index is 0.000000612. The quantitative estimate of drug-likeness (QED) is 0.730. The number of anilines is 1. The maximum absolute atomic E-state index is 6.17. The number of methoxy groups -OCH3 is 1.